The number of hydrazone groups is 1. The van der Waals surface area contributed by atoms with Gasteiger partial charge in [0.1, 0.15) is 5.69 Å². The summed E-state index contributed by atoms with van der Waals surface area (Å²) in [5.74, 6) is 0.207. The normalized spacial score (nSPS) is 10.8. The summed E-state index contributed by atoms with van der Waals surface area (Å²) in [6.45, 7) is 1.58. The molecular weight excluding hydrogens is 298 g/mol. The van der Waals surface area contributed by atoms with Crippen molar-refractivity contribution in [1.29, 1.82) is 0 Å². The standard InChI is InChI=1S/C11H10BrN5O/c1-7-10(18)14-11(17-15-7)16-13-6-8-2-4-9(12)5-3-8/h2-6H,1H3,(H2,14,16,17,18)/b13-6+. The Balaban J connectivity index is 2.04. The molecule has 0 saturated heterocycles. The molecule has 0 bridgehead atoms. The predicted molar refractivity (Wildman–Crippen MR) is 72.7 cm³/mol. The summed E-state index contributed by atoms with van der Waals surface area (Å²) < 4.78 is 1.00. The Bertz CT molecular complexity index is 620. The Hall–Kier alpha value is -2.02. The fraction of sp³-hybridized carbons (Fsp3) is 0.0909. The summed E-state index contributed by atoms with van der Waals surface area (Å²) in [5, 5.41) is 11.4. The van der Waals surface area contributed by atoms with E-state index >= 15 is 0 Å². The predicted octanol–water partition coefficient (Wildman–Crippen LogP) is 1.68. The summed E-state index contributed by atoms with van der Waals surface area (Å²) in [4.78, 5) is 13.8. The fourth-order valence-corrected chi connectivity index (χ4v) is 1.42. The van der Waals surface area contributed by atoms with Gasteiger partial charge in [0.05, 0.1) is 6.21 Å². The lowest BCUT2D eigenvalue weighted by molar-refractivity contribution is 0.897. The lowest BCUT2D eigenvalue weighted by Crippen LogP contribution is -2.15. The molecule has 0 spiro atoms. The summed E-state index contributed by atoms with van der Waals surface area (Å²) in [7, 11) is 0. The molecule has 2 aromatic rings. The van der Waals surface area contributed by atoms with Gasteiger partial charge in [-0.15, -0.1) is 10.2 Å². The van der Waals surface area contributed by atoms with Crippen LogP contribution in [-0.2, 0) is 0 Å². The highest BCUT2D eigenvalue weighted by molar-refractivity contribution is 9.10. The average molecular weight is 308 g/mol. The number of benzene rings is 1. The largest absolute Gasteiger partial charge is 0.288 e. The zero-order valence-corrected chi connectivity index (χ0v) is 11.1. The third kappa shape index (κ3) is 3.24. The van der Waals surface area contributed by atoms with Crippen LogP contribution in [0.15, 0.2) is 38.6 Å². The maximum Gasteiger partial charge on any atom is 0.274 e. The molecule has 92 valence electrons. The van der Waals surface area contributed by atoms with Crippen LogP contribution in [0.5, 0.6) is 0 Å². The van der Waals surface area contributed by atoms with E-state index < -0.39 is 0 Å². The van der Waals surface area contributed by atoms with Crippen molar-refractivity contribution in [1.82, 2.24) is 15.2 Å². The van der Waals surface area contributed by atoms with E-state index in [1.54, 1.807) is 13.1 Å². The molecule has 0 aliphatic heterocycles. The number of anilines is 1. The smallest absolute Gasteiger partial charge is 0.274 e. The molecule has 18 heavy (non-hydrogen) atoms. The van der Waals surface area contributed by atoms with Crippen LogP contribution in [0.1, 0.15) is 11.3 Å². The van der Waals surface area contributed by atoms with Crippen LogP contribution < -0.4 is 11.0 Å². The molecule has 0 amide bonds. The zero-order valence-electron chi connectivity index (χ0n) is 9.51. The highest BCUT2D eigenvalue weighted by atomic mass is 79.9. The molecule has 0 atom stereocenters. The molecule has 1 aromatic heterocycles. The van der Waals surface area contributed by atoms with Crippen molar-refractivity contribution in [2.45, 2.75) is 6.92 Å². The lowest BCUT2D eigenvalue weighted by atomic mass is 10.2. The Morgan fingerprint density at radius 1 is 1.33 bits per heavy atom. The van der Waals surface area contributed by atoms with E-state index in [1.165, 1.54) is 0 Å². The first-order valence-corrected chi connectivity index (χ1v) is 5.93. The van der Waals surface area contributed by atoms with Crippen LogP contribution in [0.3, 0.4) is 0 Å². The third-order valence-corrected chi connectivity index (χ3v) is 2.64. The highest BCUT2D eigenvalue weighted by Gasteiger charge is 1.97. The number of H-pyrrole nitrogens is 1. The fourth-order valence-electron chi connectivity index (χ4n) is 1.16. The molecule has 2 N–H and O–H groups in total. The first-order valence-electron chi connectivity index (χ1n) is 5.13. The van der Waals surface area contributed by atoms with Crippen LogP contribution in [0.4, 0.5) is 5.95 Å². The van der Waals surface area contributed by atoms with Crippen LogP contribution >= 0.6 is 15.9 Å². The second kappa shape index (κ2) is 5.54. The molecule has 7 heteroatoms. The average Bonchev–Trinajstić information content (AvgIpc) is 2.36. The van der Waals surface area contributed by atoms with Crippen LogP contribution in [-0.4, -0.2) is 21.4 Å². The number of hydrogen-bond donors (Lipinski definition) is 2. The summed E-state index contributed by atoms with van der Waals surface area (Å²) >= 11 is 3.35. The van der Waals surface area contributed by atoms with Crippen molar-refractivity contribution in [2.24, 2.45) is 5.10 Å². The molecule has 0 fully saturated rings. The van der Waals surface area contributed by atoms with Gasteiger partial charge in [-0.25, -0.2) is 5.43 Å². The van der Waals surface area contributed by atoms with E-state index in [-0.39, 0.29) is 11.5 Å². The molecule has 0 aliphatic rings. The summed E-state index contributed by atoms with van der Waals surface area (Å²) in [5.41, 5.74) is 3.56. The number of halogens is 1. The van der Waals surface area contributed by atoms with Crippen LogP contribution in [0, 0.1) is 6.92 Å². The van der Waals surface area contributed by atoms with Crippen molar-refractivity contribution in [3.63, 3.8) is 0 Å². The number of rotatable bonds is 3. The van der Waals surface area contributed by atoms with Crippen molar-refractivity contribution in [2.75, 3.05) is 5.43 Å². The van der Waals surface area contributed by atoms with Crippen molar-refractivity contribution in [3.05, 3.63) is 50.3 Å². The molecule has 1 heterocycles. The van der Waals surface area contributed by atoms with Crippen molar-refractivity contribution in [3.8, 4) is 0 Å². The number of aromatic amines is 1. The maximum atomic E-state index is 11.3. The van der Waals surface area contributed by atoms with E-state index in [0.717, 1.165) is 10.0 Å². The first kappa shape index (κ1) is 12.4. The van der Waals surface area contributed by atoms with Crippen LogP contribution in [0.25, 0.3) is 0 Å². The lowest BCUT2D eigenvalue weighted by Gasteiger charge is -1.98. The highest BCUT2D eigenvalue weighted by Crippen LogP contribution is 2.09. The minimum Gasteiger partial charge on any atom is -0.288 e. The van der Waals surface area contributed by atoms with E-state index in [0.29, 0.717) is 5.69 Å². The third-order valence-electron chi connectivity index (χ3n) is 2.11. The number of hydrogen-bond acceptors (Lipinski definition) is 5. The van der Waals surface area contributed by atoms with Gasteiger partial charge in [0.25, 0.3) is 5.56 Å². The number of aryl methyl sites for hydroxylation is 1. The molecule has 2 rings (SSSR count). The SMILES string of the molecule is Cc1nnc(N/N=C/c2ccc(Br)cc2)[nH]c1=O. The molecule has 1 aromatic carbocycles. The quantitative estimate of drug-likeness (QED) is 0.667. The Morgan fingerprint density at radius 2 is 2.06 bits per heavy atom. The van der Waals surface area contributed by atoms with E-state index in [1.807, 2.05) is 24.3 Å². The second-order valence-corrected chi connectivity index (χ2v) is 4.43. The van der Waals surface area contributed by atoms with Crippen molar-refractivity contribution < 1.29 is 0 Å². The van der Waals surface area contributed by atoms with E-state index in [9.17, 15) is 4.79 Å². The van der Waals surface area contributed by atoms with E-state index in [2.05, 4.69) is 41.6 Å². The monoisotopic (exact) mass is 307 g/mol. The van der Waals surface area contributed by atoms with Gasteiger partial charge in [-0.3, -0.25) is 9.78 Å². The van der Waals surface area contributed by atoms with Gasteiger partial charge in [0.2, 0.25) is 5.95 Å². The van der Waals surface area contributed by atoms with Crippen molar-refractivity contribution >= 4 is 28.1 Å². The summed E-state index contributed by atoms with van der Waals surface area (Å²) in [6, 6.07) is 7.63. The van der Waals surface area contributed by atoms with Gasteiger partial charge in [-0.1, -0.05) is 28.1 Å². The summed E-state index contributed by atoms with van der Waals surface area (Å²) in [6.07, 6.45) is 1.62. The molecular formula is C11H10BrN5O. The minimum atomic E-state index is -0.286. The van der Waals surface area contributed by atoms with Gasteiger partial charge in [-0.2, -0.15) is 5.10 Å². The van der Waals surface area contributed by atoms with Gasteiger partial charge in [-0.05, 0) is 24.6 Å². The van der Waals surface area contributed by atoms with Gasteiger partial charge < -0.3 is 0 Å². The molecule has 0 unspecified atom stereocenters. The molecule has 6 nitrogen and oxygen atoms in total. The molecule has 0 saturated carbocycles. The van der Waals surface area contributed by atoms with Gasteiger partial charge in [0, 0.05) is 4.47 Å². The second-order valence-electron chi connectivity index (χ2n) is 3.51. The van der Waals surface area contributed by atoms with Gasteiger partial charge >= 0.3 is 0 Å². The van der Waals surface area contributed by atoms with Gasteiger partial charge in [0.15, 0.2) is 0 Å². The first-order chi connectivity index (χ1) is 8.65. The Kier molecular flexibility index (Phi) is 3.83. The molecule has 0 radical (unpaired) electrons. The number of aromatic nitrogens is 3. The Morgan fingerprint density at radius 3 is 2.72 bits per heavy atom. The topological polar surface area (TPSA) is 83.0 Å². The zero-order chi connectivity index (χ0) is 13.0. The maximum absolute atomic E-state index is 11.3. The Labute approximate surface area is 111 Å². The number of nitrogens with zero attached hydrogens (tertiary/aromatic N) is 3. The minimum absolute atomic E-state index is 0.207. The van der Waals surface area contributed by atoms with Crippen LogP contribution in [0.2, 0.25) is 0 Å². The number of nitrogens with one attached hydrogen (secondary N) is 2. The van der Waals surface area contributed by atoms with E-state index in [4.69, 9.17) is 0 Å². The molecule has 0 aliphatic carbocycles.